The first-order valence-corrected chi connectivity index (χ1v) is 6.12. The molecular formula is C13H19N3O. The molecule has 0 atom stereocenters. The summed E-state index contributed by atoms with van der Waals surface area (Å²) in [6, 6.07) is 5.30. The Morgan fingerprint density at radius 1 is 1.18 bits per heavy atom. The molecule has 0 aromatic heterocycles. The monoisotopic (exact) mass is 233 g/mol. The molecule has 4 heteroatoms. The summed E-state index contributed by atoms with van der Waals surface area (Å²) in [5.74, 6) is -0.0885. The van der Waals surface area contributed by atoms with Crippen molar-refractivity contribution in [3.05, 3.63) is 23.8 Å². The van der Waals surface area contributed by atoms with Gasteiger partial charge in [0.1, 0.15) is 0 Å². The summed E-state index contributed by atoms with van der Waals surface area (Å²) in [5, 5.41) is 3.04. The molecule has 2 rings (SSSR count). The largest absolute Gasteiger partial charge is 0.399 e. The van der Waals surface area contributed by atoms with Crippen LogP contribution in [-0.2, 0) is 0 Å². The van der Waals surface area contributed by atoms with Crippen LogP contribution in [0.15, 0.2) is 18.2 Å². The number of benzene rings is 1. The average Bonchev–Trinajstić information content (AvgIpc) is 2.30. The molecule has 92 valence electrons. The molecule has 0 heterocycles. The van der Waals surface area contributed by atoms with Crippen LogP contribution in [0.1, 0.15) is 42.5 Å². The highest BCUT2D eigenvalue weighted by Gasteiger charge is 2.17. The van der Waals surface area contributed by atoms with Gasteiger partial charge in [0.2, 0.25) is 0 Å². The zero-order chi connectivity index (χ0) is 12.3. The number of nitrogen functional groups attached to an aromatic ring is 2. The van der Waals surface area contributed by atoms with Crippen LogP contribution in [0.3, 0.4) is 0 Å². The van der Waals surface area contributed by atoms with Crippen molar-refractivity contribution >= 4 is 17.3 Å². The first-order valence-electron chi connectivity index (χ1n) is 6.12. The van der Waals surface area contributed by atoms with Crippen molar-refractivity contribution in [2.45, 2.75) is 38.1 Å². The molecule has 1 fully saturated rings. The molecular weight excluding hydrogens is 214 g/mol. The van der Waals surface area contributed by atoms with Crippen LogP contribution < -0.4 is 16.8 Å². The van der Waals surface area contributed by atoms with Gasteiger partial charge in [-0.05, 0) is 31.0 Å². The van der Waals surface area contributed by atoms with Gasteiger partial charge in [-0.15, -0.1) is 0 Å². The fourth-order valence-corrected chi connectivity index (χ4v) is 2.30. The van der Waals surface area contributed by atoms with Gasteiger partial charge in [-0.1, -0.05) is 19.3 Å². The number of carbonyl (C=O) groups excluding carboxylic acids is 1. The summed E-state index contributed by atoms with van der Waals surface area (Å²) in [7, 11) is 0. The van der Waals surface area contributed by atoms with Crippen LogP contribution in [0.25, 0.3) is 0 Å². The number of rotatable bonds is 2. The van der Waals surface area contributed by atoms with Gasteiger partial charge in [-0.25, -0.2) is 0 Å². The lowest BCUT2D eigenvalue weighted by molar-refractivity contribution is 0.0928. The van der Waals surface area contributed by atoms with Crippen molar-refractivity contribution in [1.29, 1.82) is 0 Å². The predicted molar refractivity (Wildman–Crippen MR) is 69.6 cm³/mol. The number of anilines is 2. The van der Waals surface area contributed by atoms with E-state index < -0.39 is 0 Å². The molecule has 1 aromatic rings. The van der Waals surface area contributed by atoms with E-state index >= 15 is 0 Å². The molecule has 1 aliphatic carbocycles. The summed E-state index contributed by atoms with van der Waals surface area (Å²) in [6.45, 7) is 0. The Hall–Kier alpha value is -1.71. The third-order valence-corrected chi connectivity index (χ3v) is 3.26. The van der Waals surface area contributed by atoms with Crippen LogP contribution in [0, 0.1) is 0 Å². The third kappa shape index (κ3) is 2.90. The smallest absolute Gasteiger partial charge is 0.253 e. The van der Waals surface area contributed by atoms with Crippen molar-refractivity contribution in [2.75, 3.05) is 11.5 Å². The van der Waals surface area contributed by atoms with Gasteiger partial charge >= 0.3 is 0 Å². The summed E-state index contributed by atoms with van der Waals surface area (Å²) in [5.41, 5.74) is 12.9. The molecule has 1 aliphatic rings. The molecule has 0 bridgehead atoms. The topological polar surface area (TPSA) is 81.1 Å². The van der Waals surface area contributed by atoms with Crippen molar-refractivity contribution in [3.8, 4) is 0 Å². The molecule has 4 nitrogen and oxygen atoms in total. The van der Waals surface area contributed by atoms with Crippen molar-refractivity contribution < 1.29 is 4.79 Å². The van der Waals surface area contributed by atoms with Gasteiger partial charge in [0, 0.05) is 17.4 Å². The third-order valence-electron chi connectivity index (χ3n) is 3.26. The minimum Gasteiger partial charge on any atom is -0.399 e. The summed E-state index contributed by atoms with van der Waals surface area (Å²) >= 11 is 0. The van der Waals surface area contributed by atoms with E-state index in [1.807, 2.05) is 0 Å². The maximum atomic E-state index is 12.0. The minimum absolute atomic E-state index is 0.0885. The maximum absolute atomic E-state index is 12.0. The van der Waals surface area contributed by atoms with Crippen LogP contribution in [0.5, 0.6) is 0 Å². The minimum atomic E-state index is -0.0885. The number of amides is 1. The second-order valence-electron chi connectivity index (χ2n) is 4.66. The molecule has 17 heavy (non-hydrogen) atoms. The highest BCUT2D eigenvalue weighted by molar-refractivity contribution is 5.99. The van der Waals surface area contributed by atoms with Crippen LogP contribution in [0.2, 0.25) is 0 Å². The summed E-state index contributed by atoms with van der Waals surface area (Å²) in [4.78, 5) is 12.0. The van der Waals surface area contributed by atoms with E-state index in [9.17, 15) is 4.79 Å². The number of nitrogens with two attached hydrogens (primary N) is 2. The number of nitrogens with one attached hydrogen (secondary N) is 1. The Morgan fingerprint density at radius 3 is 2.53 bits per heavy atom. The number of hydrogen-bond donors (Lipinski definition) is 3. The Balaban J connectivity index is 2.03. The molecule has 0 saturated heterocycles. The molecule has 1 amide bonds. The fourth-order valence-electron chi connectivity index (χ4n) is 2.30. The van der Waals surface area contributed by atoms with Gasteiger partial charge in [-0.3, -0.25) is 4.79 Å². The molecule has 0 radical (unpaired) electrons. The first kappa shape index (κ1) is 11.8. The van der Waals surface area contributed by atoms with Crippen LogP contribution in [-0.4, -0.2) is 11.9 Å². The van der Waals surface area contributed by atoms with Crippen molar-refractivity contribution in [3.63, 3.8) is 0 Å². The Bertz CT molecular complexity index is 411. The van der Waals surface area contributed by atoms with E-state index in [-0.39, 0.29) is 5.91 Å². The zero-order valence-corrected chi connectivity index (χ0v) is 9.91. The van der Waals surface area contributed by atoms with E-state index in [4.69, 9.17) is 11.5 Å². The van der Waals surface area contributed by atoms with Crippen molar-refractivity contribution in [2.24, 2.45) is 0 Å². The van der Waals surface area contributed by atoms with E-state index in [2.05, 4.69) is 5.32 Å². The lowest BCUT2D eigenvalue weighted by atomic mass is 9.95. The quantitative estimate of drug-likeness (QED) is 0.682. The normalized spacial score (nSPS) is 16.7. The van der Waals surface area contributed by atoms with Gasteiger partial charge < -0.3 is 16.8 Å². The molecule has 0 unspecified atom stereocenters. The van der Waals surface area contributed by atoms with Crippen molar-refractivity contribution in [1.82, 2.24) is 5.32 Å². The SMILES string of the molecule is Nc1ccc(C(=O)NC2CCCCC2)c(N)c1. The maximum Gasteiger partial charge on any atom is 0.253 e. The second-order valence-corrected chi connectivity index (χ2v) is 4.66. The number of carbonyl (C=O) groups is 1. The molecule has 5 N–H and O–H groups in total. The molecule has 0 spiro atoms. The van der Waals surface area contributed by atoms with E-state index in [1.54, 1.807) is 18.2 Å². The Kier molecular flexibility index (Phi) is 3.52. The lowest BCUT2D eigenvalue weighted by Gasteiger charge is -2.23. The predicted octanol–water partition coefficient (Wildman–Crippen LogP) is 1.91. The molecule has 1 saturated carbocycles. The lowest BCUT2D eigenvalue weighted by Crippen LogP contribution is -2.36. The van der Waals surface area contributed by atoms with Gasteiger partial charge in [0.05, 0.1) is 5.56 Å². The summed E-state index contributed by atoms with van der Waals surface area (Å²) < 4.78 is 0. The Morgan fingerprint density at radius 2 is 1.88 bits per heavy atom. The Labute approximate surface area is 101 Å². The highest BCUT2D eigenvalue weighted by atomic mass is 16.1. The molecule has 1 aromatic carbocycles. The standard InChI is InChI=1S/C13H19N3O/c14-9-6-7-11(12(15)8-9)13(17)16-10-4-2-1-3-5-10/h6-8,10H,1-5,14-15H2,(H,16,17). The second kappa shape index (κ2) is 5.08. The highest BCUT2D eigenvalue weighted by Crippen LogP contribution is 2.20. The van der Waals surface area contributed by atoms with Gasteiger partial charge in [0.15, 0.2) is 0 Å². The first-order chi connectivity index (χ1) is 8.16. The molecule has 0 aliphatic heterocycles. The van der Waals surface area contributed by atoms with E-state index in [0.717, 1.165) is 12.8 Å². The average molecular weight is 233 g/mol. The fraction of sp³-hybridized carbons (Fsp3) is 0.462. The van der Waals surface area contributed by atoms with Crippen LogP contribution >= 0.6 is 0 Å². The van der Waals surface area contributed by atoms with E-state index in [1.165, 1.54) is 19.3 Å². The van der Waals surface area contributed by atoms with Gasteiger partial charge in [0.25, 0.3) is 5.91 Å². The zero-order valence-electron chi connectivity index (χ0n) is 9.91. The van der Waals surface area contributed by atoms with Gasteiger partial charge in [-0.2, -0.15) is 0 Å². The summed E-state index contributed by atoms with van der Waals surface area (Å²) in [6.07, 6.45) is 5.81. The van der Waals surface area contributed by atoms with Crippen LogP contribution in [0.4, 0.5) is 11.4 Å². The number of hydrogen-bond acceptors (Lipinski definition) is 3. The van der Waals surface area contributed by atoms with E-state index in [0.29, 0.717) is 23.0 Å².